The van der Waals surface area contributed by atoms with Gasteiger partial charge in [0.25, 0.3) is 0 Å². The number of hydrogen-bond donors (Lipinski definition) is 0. The van der Waals surface area contributed by atoms with Gasteiger partial charge in [0.15, 0.2) is 0 Å². The molecule has 1 aliphatic rings. The molecule has 0 aromatic carbocycles. The van der Waals surface area contributed by atoms with Gasteiger partial charge in [-0.3, -0.25) is 0 Å². The van der Waals surface area contributed by atoms with Crippen LogP contribution in [0, 0.1) is 12.3 Å². The van der Waals surface area contributed by atoms with Crippen LogP contribution in [0.15, 0.2) is 0 Å². The lowest BCUT2D eigenvalue weighted by Crippen LogP contribution is -2.47. The van der Waals surface area contributed by atoms with Crippen molar-refractivity contribution in [1.82, 2.24) is 4.31 Å². The van der Waals surface area contributed by atoms with Crippen molar-refractivity contribution in [3.05, 3.63) is 0 Å². The van der Waals surface area contributed by atoms with Gasteiger partial charge in [-0.15, -0.1) is 12.3 Å². The molecule has 0 spiro atoms. The molecular formula is C7H11NO2S. The van der Waals surface area contributed by atoms with E-state index in [9.17, 15) is 8.42 Å². The Labute approximate surface area is 67.4 Å². The Morgan fingerprint density at radius 2 is 2.27 bits per heavy atom. The molecule has 1 heterocycles. The lowest BCUT2D eigenvalue weighted by molar-refractivity contribution is 0.381. The average molecular weight is 173 g/mol. The summed E-state index contributed by atoms with van der Waals surface area (Å²) in [5.41, 5.74) is 0. The molecule has 0 aromatic rings. The van der Waals surface area contributed by atoms with Gasteiger partial charge in [-0.1, -0.05) is 0 Å². The minimum absolute atomic E-state index is 0.309. The van der Waals surface area contributed by atoms with Crippen LogP contribution >= 0.6 is 0 Å². The van der Waals surface area contributed by atoms with Crippen molar-refractivity contribution in [2.45, 2.75) is 12.8 Å². The van der Waals surface area contributed by atoms with E-state index < -0.39 is 10.0 Å². The summed E-state index contributed by atoms with van der Waals surface area (Å²) in [6, 6.07) is 0. The summed E-state index contributed by atoms with van der Waals surface area (Å²) in [7, 11) is -2.84. The monoisotopic (exact) mass is 173 g/mol. The van der Waals surface area contributed by atoms with Crippen LogP contribution in [0.25, 0.3) is 0 Å². The molecule has 0 aromatic heterocycles. The molecule has 1 rings (SSSR count). The Kier molecular flexibility index (Phi) is 2.53. The van der Waals surface area contributed by atoms with Crippen LogP contribution in [-0.4, -0.2) is 31.6 Å². The predicted octanol–water partition coefficient (Wildman–Crippen LogP) is 0.0452. The molecule has 0 radical (unpaired) electrons. The summed E-state index contributed by atoms with van der Waals surface area (Å²) < 4.78 is 23.2. The molecule has 0 N–H and O–H groups in total. The van der Waals surface area contributed by atoms with Crippen molar-refractivity contribution in [3.8, 4) is 12.3 Å². The van der Waals surface area contributed by atoms with Crippen molar-refractivity contribution in [2.24, 2.45) is 0 Å². The van der Waals surface area contributed by atoms with Crippen LogP contribution < -0.4 is 0 Å². The number of hydrogen-bond acceptors (Lipinski definition) is 2. The number of unbranched alkanes of at least 4 members (excludes halogenated alkanes) is 1. The summed E-state index contributed by atoms with van der Waals surface area (Å²) in [6.07, 6.45) is 6.46. The zero-order valence-corrected chi connectivity index (χ0v) is 7.10. The van der Waals surface area contributed by atoms with Gasteiger partial charge in [-0.25, -0.2) is 12.7 Å². The molecule has 0 bridgehead atoms. The molecule has 1 saturated heterocycles. The minimum Gasteiger partial charge on any atom is -0.212 e. The largest absolute Gasteiger partial charge is 0.215 e. The summed E-state index contributed by atoms with van der Waals surface area (Å²) >= 11 is 0. The molecule has 0 saturated carbocycles. The van der Waals surface area contributed by atoms with Crippen molar-refractivity contribution in [1.29, 1.82) is 0 Å². The van der Waals surface area contributed by atoms with E-state index in [-0.39, 0.29) is 0 Å². The highest BCUT2D eigenvalue weighted by atomic mass is 32.2. The van der Waals surface area contributed by atoms with E-state index in [1.54, 1.807) is 0 Å². The number of nitrogens with zero attached hydrogens (tertiary/aromatic N) is 1. The lowest BCUT2D eigenvalue weighted by Gasteiger charge is -2.29. The lowest BCUT2D eigenvalue weighted by atomic mass is 10.3. The molecule has 11 heavy (non-hydrogen) atoms. The smallest absolute Gasteiger partial charge is 0.212 e. The fourth-order valence-electron chi connectivity index (χ4n) is 0.978. The highest BCUT2D eigenvalue weighted by Gasteiger charge is 2.31. The molecule has 0 unspecified atom stereocenters. The number of terminal acetylenes is 1. The molecule has 62 valence electrons. The van der Waals surface area contributed by atoms with Crippen LogP contribution in [-0.2, 0) is 10.0 Å². The van der Waals surface area contributed by atoms with Crippen LogP contribution in [0.2, 0.25) is 0 Å². The maximum Gasteiger partial charge on any atom is 0.215 e. The third-order valence-electron chi connectivity index (χ3n) is 1.72. The molecule has 1 fully saturated rings. The molecule has 0 aliphatic carbocycles. The van der Waals surface area contributed by atoms with Gasteiger partial charge in [0, 0.05) is 19.5 Å². The second-order valence-corrected chi connectivity index (χ2v) is 4.61. The van der Waals surface area contributed by atoms with Gasteiger partial charge < -0.3 is 0 Å². The second kappa shape index (κ2) is 3.24. The molecule has 1 aliphatic heterocycles. The third kappa shape index (κ3) is 1.95. The standard InChI is InChI=1S/C7H11NO2S/c1-2-3-4-5-8-6-7-11(8,9)10/h1H,3-7H2. The summed E-state index contributed by atoms with van der Waals surface area (Å²) in [5.74, 6) is 2.79. The summed E-state index contributed by atoms with van der Waals surface area (Å²) in [6.45, 7) is 1.26. The average Bonchev–Trinajstić information content (AvgIpc) is 1.96. The maximum atomic E-state index is 10.9. The van der Waals surface area contributed by atoms with Gasteiger partial charge in [0.05, 0.1) is 5.75 Å². The normalized spacial score (nSPS) is 22.1. The topological polar surface area (TPSA) is 37.4 Å². The van der Waals surface area contributed by atoms with Gasteiger partial charge in [-0.2, -0.15) is 0 Å². The molecule has 4 heteroatoms. The van der Waals surface area contributed by atoms with Gasteiger partial charge in [0.2, 0.25) is 10.0 Å². The van der Waals surface area contributed by atoms with E-state index in [4.69, 9.17) is 6.42 Å². The van der Waals surface area contributed by atoms with E-state index in [1.807, 2.05) is 0 Å². The fraction of sp³-hybridized carbons (Fsp3) is 0.714. The maximum absolute atomic E-state index is 10.9. The van der Waals surface area contributed by atoms with Crippen molar-refractivity contribution < 1.29 is 8.42 Å². The van der Waals surface area contributed by atoms with E-state index in [1.165, 1.54) is 4.31 Å². The van der Waals surface area contributed by atoms with E-state index in [0.29, 0.717) is 25.3 Å². The number of rotatable bonds is 3. The minimum atomic E-state index is -2.84. The Morgan fingerprint density at radius 3 is 2.64 bits per heavy atom. The molecule has 0 atom stereocenters. The fourth-order valence-corrected chi connectivity index (χ4v) is 2.12. The first-order chi connectivity index (χ1) is 5.17. The van der Waals surface area contributed by atoms with Gasteiger partial charge >= 0.3 is 0 Å². The van der Waals surface area contributed by atoms with Gasteiger partial charge in [-0.05, 0) is 6.42 Å². The van der Waals surface area contributed by atoms with Crippen molar-refractivity contribution in [3.63, 3.8) is 0 Å². The van der Waals surface area contributed by atoms with Crippen LogP contribution in [0.1, 0.15) is 12.8 Å². The highest BCUT2D eigenvalue weighted by molar-refractivity contribution is 7.90. The molecular weight excluding hydrogens is 162 g/mol. The zero-order valence-electron chi connectivity index (χ0n) is 6.28. The van der Waals surface area contributed by atoms with Crippen LogP contribution in [0.5, 0.6) is 0 Å². The van der Waals surface area contributed by atoms with E-state index >= 15 is 0 Å². The van der Waals surface area contributed by atoms with Crippen molar-refractivity contribution in [2.75, 3.05) is 18.8 Å². The van der Waals surface area contributed by atoms with Gasteiger partial charge in [0.1, 0.15) is 0 Å². The zero-order chi connectivity index (χ0) is 8.32. The summed E-state index contributed by atoms with van der Waals surface area (Å²) in [5, 5.41) is 0. The van der Waals surface area contributed by atoms with Crippen molar-refractivity contribution >= 4 is 10.0 Å². The number of sulfonamides is 1. The Balaban J connectivity index is 2.25. The third-order valence-corrected chi connectivity index (χ3v) is 3.57. The summed E-state index contributed by atoms with van der Waals surface area (Å²) in [4.78, 5) is 0. The SMILES string of the molecule is C#CCCCN1CCS1(=O)=O. The van der Waals surface area contributed by atoms with E-state index in [2.05, 4.69) is 5.92 Å². The predicted molar refractivity (Wildman–Crippen MR) is 43.4 cm³/mol. The first kappa shape index (κ1) is 8.57. The Bertz CT molecular complexity index is 263. The first-order valence-electron chi connectivity index (χ1n) is 3.58. The van der Waals surface area contributed by atoms with E-state index in [0.717, 1.165) is 6.42 Å². The molecule has 3 nitrogen and oxygen atoms in total. The Hall–Kier alpha value is -0.530. The van der Waals surface area contributed by atoms with Crippen LogP contribution in [0.4, 0.5) is 0 Å². The quantitative estimate of drug-likeness (QED) is 0.446. The highest BCUT2D eigenvalue weighted by Crippen LogP contribution is 2.13. The van der Waals surface area contributed by atoms with Crippen LogP contribution in [0.3, 0.4) is 0 Å². The molecule has 0 amide bonds. The second-order valence-electron chi connectivity index (χ2n) is 2.52. The Morgan fingerprint density at radius 1 is 1.55 bits per heavy atom. The first-order valence-corrected chi connectivity index (χ1v) is 5.19.